The molecule has 0 amide bonds. The minimum absolute atomic E-state index is 0.0148. The molecule has 0 aliphatic heterocycles. The van der Waals surface area contributed by atoms with Crippen molar-refractivity contribution in [1.82, 2.24) is 35.0 Å². The van der Waals surface area contributed by atoms with E-state index in [4.69, 9.17) is 30.3 Å². The van der Waals surface area contributed by atoms with Gasteiger partial charge in [-0.1, -0.05) is 128 Å². The summed E-state index contributed by atoms with van der Waals surface area (Å²) in [4.78, 5) is 42.6. The number of hydrogen-bond donors (Lipinski definition) is 1. The van der Waals surface area contributed by atoms with Crippen LogP contribution in [0.2, 0.25) is 0 Å². The average Bonchev–Trinajstić information content (AvgIpc) is 1.60. The predicted molar refractivity (Wildman–Crippen MR) is 435 cm³/mol. The van der Waals surface area contributed by atoms with E-state index in [0.717, 1.165) is 193 Å². The van der Waals surface area contributed by atoms with Crippen LogP contribution in [0.25, 0.3) is 38.7 Å². The van der Waals surface area contributed by atoms with Crippen molar-refractivity contribution in [3.8, 4) is 33.9 Å². The second-order valence-corrected chi connectivity index (χ2v) is 35.7. The van der Waals surface area contributed by atoms with Gasteiger partial charge in [0.25, 0.3) is 0 Å². The quantitative estimate of drug-likeness (QED) is 0.0617. The molecule has 1 N–H and O–H groups in total. The van der Waals surface area contributed by atoms with Crippen molar-refractivity contribution >= 4 is 49.2 Å². The molecule has 0 spiro atoms. The molecule has 15 nitrogen and oxygen atoms in total. The fourth-order valence-corrected chi connectivity index (χ4v) is 22.5. The number of benzene rings is 5. The number of allylic oxidation sites excluding steroid dienone is 2. The van der Waals surface area contributed by atoms with Crippen molar-refractivity contribution in [3.63, 3.8) is 0 Å². The highest BCUT2D eigenvalue weighted by Crippen LogP contribution is 2.61. The highest BCUT2D eigenvalue weighted by Gasteiger charge is 2.58. The number of ketones is 3. The minimum atomic E-state index is -0.652. The van der Waals surface area contributed by atoms with Crippen LogP contribution in [0.4, 0.5) is 13.2 Å². The maximum absolute atomic E-state index is 13.7. The van der Waals surface area contributed by atoms with Crippen LogP contribution in [0, 0.1) is 70.4 Å². The molecule has 0 radical (unpaired) electrons. The molecular formula is C93H99Br2F3N8O7. The average molecular weight is 1660 g/mol. The van der Waals surface area contributed by atoms with Crippen LogP contribution in [0.5, 0.6) is 0 Å². The third-order valence-corrected chi connectivity index (χ3v) is 28.2. The third kappa shape index (κ3) is 14.4. The van der Waals surface area contributed by atoms with E-state index in [1.807, 2.05) is 60.4 Å². The van der Waals surface area contributed by atoms with Gasteiger partial charge in [0.15, 0.2) is 5.78 Å². The smallest absolute Gasteiger partial charge is 0.203 e. The van der Waals surface area contributed by atoms with Gasteiger partial charge in [0, 0.05) is 105 Å². The van der Waals surface area contributed by atoms with Crippen LogP contribution < -0.4 is 0 Å². The normalized spacial score (nSPS) is 26.9. The Hall–Kier alpha value is -9.06. The first-order valence-electron chi connectivity index (χ1n) is 40.7. The summed E-state index contributed by atoms with van der Waals surface area (Å²) >= 11 is 7.09. The predicted octanol–water partition coefficient (Wildman–Crippen LogP) is 23.4. The maximum Gasteiger partial charge on any atom is 0.203 e. The molecule has 2 fully saturated rings. The first kappa shape index (κ1) is 79.2. The molecule has 5 heterocycles. The van der Waals surface area contributed by atoms with Gasteiger partial charge in [-0.2, -0.15) is 10.2 Å². The molecule has 10 aromatic rings. The van der Waals surface area contributed by atoms with E-state index in [1.165, 1.54) is 70.9 Å². The minimum Gasteiger partial charge on any atom is -0.523 e. The number of carbonyl (C=O) groups is 3. The summed E-state index contributed by atoms with van der Waals surface area (Å²) in [5, 5.41) is 33.4. The van der Waals surface area contributed by atoms with E-state index in [9.17, 15) is 32.7 Å². The summed E-state index contributed by atoms with van der Waals surface area (Å²) in [6.07, 6.45) is 24.5. The molecule has 8 aliphatic rings. The Labute approximate surface area is 676 Å². The molecule has 18 rings (SSSR count). The molecule has 5 aromatic carbocycles. The van der Waals surface area contributed by atoms with E-state index in [-0.39, 0.29) is 74.7 Å². The fraction of sp³-hybridized carbons (Fsp3) is 0.452. The first-order chi connectivity index (χ1) is 54.5. The van der Waals surface area contributed by atoms with Gasteiger partial charge in [-0.05, 0) is 248 Å². The van der Waals surface area contributed by atoms with Gasteiger partial charge in [-0.25, -0.2) is 27.4 Å². The molecule has 0 saturated heterocycles. The number of nitrogens with zero attached hydrogens (tertiary/aromatic N) is 8. The molecular weight excluding hydrogens is 1560 g/mol. The Morgan fingerprint density at radius 2 is 0.894 bits per heavy atom. The van der Waals surface area contributed by atoms with Gasteiger partial charge in [0.05, 0.1) is 71.0 Å². The maximum atomic E-state index is 13.7. The largest absolute Gasteiger partial charge is 0.523 e. The van der Waals surface area contributed by atoms with E-state index in [2.05, 4.69) is 130 Å². The lowest BCUT2D eigenvalue weighted by Crippen LogP contribution is -2.51. The van der Waals surface area contributed by atoms with E-state index in [0.29, 0.717) is 60.0 Å². The summed E-state index contributed by atoms with van der Waals surface area (Å²) in [6, 6.07) is 35.1. The molecule has 5 aromatic heterocycles. The van der Waals surface area contributed by atoms with Gasteiger partial charge in [-0.15, -0.1) is 0 Å². The van der Waals surface area contributed by atoms with Gasteiger partial charge in [-0.3, -0.25) is 14.4 Å². The zero-order chi connectivity index (χ0) is 79.4. The van der Waals surface area contributed by atoms with Crippen LogP contribution in [-0.4, -0.2) is 57.5 Å². The topological polar surface area (TPSA) is 190 Å². The fourth-order valence-electron chi connectivity index (χ4n) is 21.9. The Kier molecular flexibility index (Phi) is 22.6. The summed E-state index contributed by atoms with van der Waals surface area (Å²) in [5.41, 5.74) is 13.5. The van der Waals surface area contributed by atoms with Crippen molar-refractivity contribution in [2.24, 2.45) is 46.3 Å². The molecule has 1 unspecified atom stereocenters. The number of carbonyl (C=O) groups excluding carboxylic acids is 3. The van der Waals surface area contributed by atoms with E-state index >= 15 is 0 Å². The van der Waals surface area contributed by atoms with Crippen molar-refractivity contribution in [1.29, 1.82) is 0 Å². The second-order valence-electron chi connectivity index (χ2n) is 33.9. The number of rotatable bonds is 14. The van der Waals surface area contributed by atoms with Crippen molar-refractivity contribution in [2.45, 2.75) is 219 Å². The first-order valence-corrected chi connectivity index (χ1v) is 42.3. The molecule has 20 heteroatoms. The molecule has 2 saturated carbocycles. The molecule has 588 valence electrons. The van der Waals surface area contributed by atoms with Crippen LogP contribution in [0.3, 0.4) is 0 Å². The summed E-state index contributed by atoms with van der Waals surface area (Å²) < 4.78 is 63.6. The highest BCUT2D eigenvalue weighted by molar-refractivity contribution is 9.10. The highest BCUT2D eigenvalue weighted by atomic mass is 79.9. The number of Topliss-reactive ketones (excluding diaryl/α,β-unsaturated/α-hetero) is 3. The lowest BCUT2D eigenvalue weighted by molar-refractivity contribution is -0.139. The second kappa shape index (κ2) is 32.3. The molecule has 0 bridgehead atoms. The van der Waals surface area contributed by atoms with Gasteiger partial charge >= 0.3 is 0 Å². The standard InChI is InChI=1S/2C28H27BrFN3O.C22H24FNO3.C15H21NO2/c1-3-4-22-24-14-13-23-25(17-5-9-20(30)10-6-17)32-33(21-11-7-19(29)8-12-21)27(23)28(24,2)15-18-16-31-34-26(18)22;1-4-5-21-23-15-14-22-25(17-6-10-19(30)11-7-17)32-33(20-12-8-18(29)9-13-20)27(22)28(23,2)16-24(31-3)26(21)34;1-3-4-16-18-10-9-17(19(25)13-5-7-15(23)8-6-13)21(26)22(18,2)11-14-12-24-27-20(14)16;1-3-5-11-12-6-4-7-13(17)15(12,2)8-10-9-16-18-14(10)11/h5-12,16,22,24H,3-4,13-15H2,1-2H3;6-13,21,23,34H,4-5,14-16H2,1-2H3;5-8,12,16-18H,3-4,9-11H2,1-2H3;9,11-12H,3-8H2,1-2H3/t22-,24-,28-;21-,23-,28-;16-,17?,18-,22-;11-,12-,15-/m1111/s1. The molecule has 113 heavy (non-hydrogen) atoms. The third-order valence-electron chi connectivity index (χ3n) is 27.1. The monoisotopic (exact) mass is 1650 g/mol. The zero-order valence-corrected chi connectivity index (χ0v) is 68.9. The number of aliphatic hydroxyl groups excluding tert-OH is 1. The van der Waals surface area contributed by atoms with Crippen LogP contribution in [0.1, 0.15) is 243 Å². The Balaban J connectivity index is 0.000000122. The number of halogens is 5. The number of hydrogen-bond acceptors (Lipinski definition) is 12. The lowest BCUT2D eigenvalue weighted by Gasteiger charge is -2.49. The number of fused-ring (bicyclic) bond motifs is 11. The number of aromatic nitrogens is 7. The summed E-state index contributed by atoms with van der Waals surface area (Å²) in [5.74, 6) is 4.31. The van der Waals surface area contributed by atoms with Gasteiger partial charge in [0.2, 0.25) is 5.70 Å². The Bertz CT molecular complexity index is 5230. The van der Waals surface area contributed by atoms with Crippen molar-refractivity contribution in [3.05, 3.63) is 251 Å². The van der Waals surface area contributed by atoms with E-state index in [1.54, 1.807) is 18.3 Å². The Morgan fingerprint density at radius 3 is 1.34 bits per heavy atom. The molecule has 13 atom stereocenters. The summed E-state index contributed by atoms with van der Waals surface area (Å²) in [6.45, 7) is 25.3. The SMILES string of the molecule is CCC[C@H]1c2oncc2C[C@@]2(C)C(=O)C(C(=O)c3ccc(F)cc3)CC[C@H]12.CCC[C@H]1c2oncc2C[C@@]2(C)C(=O)CCC[C@H]12.CCC[C@H]1c2oncc2C[C@@]2(C)c3c(c(-c4ccc(F)cc4)nn3-c3ccc(Br)cc3)CC[C@H]12.[C-]#[N+]C1=C(O)[C@H](CCC)[C@H]2CCc3c(-c4ccc(F)cc4)nn(-c4ccc(Br)cc4)c3[C@]2(C)C1. The molecule has 8 aliphatic carbocycles. The van der Waals surface area contributed by atoms with Crippen LogP contribution in [0.15, 0.2) is 174 Å². The van der Waals surface area contributed by atoms with Crippen LogP contribution in [-0.2, 0) is 52.5 Å². The Morgan fingerprint density at radius 1 is 0.504 bits per heavy atom. The van der Waals surface area contributed by atoms with Gasteiger partial charge in [0.1, 0.15) is 46.3 Å². The van der Waals surface area contributed by atoms with Crippen molar-refractivity contribution < 1.29 is 46.2 Å². The van der Waals surface area contributed by atoms with Gasteiger partial charge < -0.3 is 18.7 Å². The van der Waals surface area contributed by atoms with Crippen LogP contribution >= 0.6 is 31.9 Å². The summed E-state index contributed by atoms with van der Waals surface area (Å²) in [7, 11) is 0. The van der Waals surface area contributed by atoms with Crippen molar-refractivity contribution in [2.75, 3.05) is 0 Å². The number of aliphatic hydroxyl groups is 1. The van der Waals surface area contributed by atoms with E-state index < -0.39 is 11.3 Å². The lowest BCUT2D eigenvalue weighted by atomic mass is 9.53. The zero-order valence-electron chi connectivity index (χ0n) is 65.7.